The fourth-order valence-electron chi connectivity index (χ4n) is 4.62. The molecule has 0 bridgehead atoms. The van der Waals surface area contributed by atoms with Crippen LogP contribution in [0.2, 0.25) is 0 Å². The normalized spacial score (nSPS) is 24.2. The molecule has 1 fully saturated rings. The van der Waals surface area contributed by atoms with Crippen LogP contribution in [0.25, 0.3) is 17.0 Å². The van der Waals surface area contributed by atoms with E-state index in [0.717, 1.165) is 11.1 Å². The Hall–Kier alpha value is -3.90. The smallest absolute Gasteiger partial charge is 0.269 e. The van der Waals surface area contributed by atoms with Crippen molar-refractivity contribution < 1.29 is 9.66 Å². The second-order valence-electron chi connectivity index (χ2n) is 8.09. The van der Waals surface area contributed by atoms with Crippen LogP contribution >= 0.6 is 0 Å². The van der Waals surface area contributed by atoms with E-state index in [4.69, 9.17) is 9.72 Å². The Bertz CT molecular complexity index is 1350. The summed E-state index contributed by atoms with van der Waals surface area (Å²) in [6.07, 6.45) is 5.19. The highest BCUT2D eigenvalue weighted by molar-refractivity contribution is 5.64. The number of nitrogens with zero attached hydrogens (tertiary/aromatic N) is 7. The van der Waals surface area contributed by atoms with Gasteiger partial charge in [-0.1, -0.05) is 0 Å². The van der Waals surface area contributed by atoms with Crippen molar-refractivity contribution in [1.82, 2.24) is 40.2 Å². The highest BCUT2D eigenvalue weighted by atomic mass is 16.6. The van der Waals surface area contributed by atoms with Crippen LogP contribution in [-0.4, -0.2) is 46.6 Å². The topological polar surface area (TPSA) is 137 Å². The van der Waals surface area contributed by atoms with Crippen molar-refractivity contribution in [1.29, 1.82) is 0 Å². The first-order valence-electron chi connectivity index (χ1n) is 10.2. The number of hydrogen-bond acceptors (Lipinski definition) is 9. The molecule has 0 amide bonds. The maximum Gasteiger partial charge on any atom is 0.269 e. The zero-order valence-corrected chi connectivity index (χ0v) is 17.2. The van der Waals surface area contributed by atoms with Crippen molar-refractivity contribution in [2.75, 3.05) is 0 Å². The molecule has 6 rings (SSSR count). The van der Waals surface area contributed by atoms with E-state index in [9.17, 15) is 10.1 Å². The Morgan fingerprint density at radius 2 is 2.03 bits per heavy atom. The summed E-state index contributed by atoms with van der Waals surface area (Å²) in [4.78, 5) is 19.8. The number of rotatable bonds is 3. The van der Waals surface area contributed by atoms with E-state index in [-0.39, 0.29) is 29.8 Å². The van der Waals surface area contributed by atoms with E-state index in [1.807, 2.05) is 19.4 Å². The second-order valence-corrected chi connectivity index (χ2v) is 8.09. The molecule has 2 aliphatic rings. The molecule has 4 atom stereocenters. The van der Waals surface area contributed by atoms with Gasteiger partial charge in [0.05, 0.1) is 16.7 Å². The fourth-order valence-corrected chi connectivity index (χ4v) is 4.62. The summed E-state index contributed by atoms with van der Waals surface area (Å²) in [6.45, 7) is 2.11. The van der Waals surface area contributed by atoms with Crippen molar-refractivity contribution in [2.45, 2.75) is 25.1 Å². The lowest BCUT2D eigenvalue weighted by atomic mass is 9.77. The van der Waals surface area contributed by atoms with Gasteiger partial charge >= 0.3 is 0 Å². The molecule has 0 radical (unpaired) electrons. The van der Waals surface area contributed by atoms with Crippen molar-refractivity contribution in [3.63, 3.8) is 0 Å². The molecule has 0 saturated carbocycles. The number of benzene rings is 1. The molecule has 4 unspecified atom stereocenters. The van der Waals surface area contributed by atoms with Gasteiger partial charge in [0.15, 0.2) is 17.7 Å². The number of hydrogen-bond donors (Lipinski definition) is 2. The van der Waals surface area contributed by atoms with Gasteiger partial charge in [-0.2, -0.15) is 5.10 Å². The quantitative estimate of drug-likeness (QED) is 0.363. The lowest BCUT2D eigenvalue weighted by Crippen LogP contribution is -2.42. The van der Waals surface area contributed by atoms with Crippen LogP contribution in [0.5, 0.6) is 5.88 Å². The third-order valence-corrected chi connectivity index (χ3v) is 6.12. The maximum atomic E-state index is 11.0. The third kappa shape index (κ3) is 2.77. The number of non-ortho nitro benzene ring substituents is 1. The molecule has 12 nitrogen and oxygen atoms in total. The van der Waals surface area contributed by atoms with Crippen molar-refractivity contribution in [3.05, 3.63) is 64.2 Å². The molecule has 1 aromatic carbocycles. The second kappa shape index (κ2) is 6.80. The van der Waals surface area contributed by atoms with Gasteiger partial charge < -0.3 is 4.74 Å². The molecule has 2 N–H and O–H groups in total. The third-order valence-electron chi connectivity index (χ3n) is 6.12. The van der Waals surface area contributed by atoms with Gasteiger partial charge in [-0.3, -0.25) is 20.2 Å². The minimum Gasteiger partial charge on any atom is -0.457 e. The number of ether oxygens (including phenoxy) is 1. The number of aromatic nitrogens is 6. The van der Waals surface area contributed by atoms with Gasteiger partial charge in [0.2, 0.25) is 5.88 Å². The van der Waals surface area contributed by atoms with Gasteiger partial charge in [-0.15, -0.1) is 5.10 Å². The Kier molecular flexibility index (Phi) is 4.00. The van der Waals surface area contributed by atoms with E-state index in [1.165, 1.54) is 12.1 Å². The van der Waals surface area contributed by atoms with E-state index in [2.05, 4.69) is 33.0 Å². The predicted molar refractivity (Wildman–Crippen MR) is 112 cm³/mol. The van der Waals surface area contributed by atoms with E-state index in [1.54, 1.807) is 27.7 Å². The van der Waals surface area contributed by atoms with Crippen molar-refractivity contribution in [3.8, 4) is 17.3 Å². The van der Waals surface area contributed by atoms with E-state index in [0.29, 0.717) is 22.9 Å². The highest BCUT2D eigenvalue weighted by Gasteiger charge is 2.48. The van der Waals surface area contributed by atoms with Crippen molar-refractivity contribution in [2.24, 2.45) is 13.0 Å². The largest absolute Gasteiger partial charge is 0.457 e. The summed E-state index contributed by atoms with van der Waals surface area (Å²) in [6, 6.07) is 6.31. The monoisotopic (exact) mass is 433 g/mol. The minimum absolute atomic E-state index is 0.0165. The molecule has 0 aliphatic carbocycles. The number of hydrazine groups is 1. The zero-order valence-electron chi connectivity index (χ0n) is 17.2. The van der Waals surface area contributed by atoms with Crippen LogP contribution < -0.4 is 15.6 Å². The SMILES string of the molecule is CC1NNC2Oc3ncn4nc(-c5ccc([N+](=O)[O-])cc5)nc4c3C(c3cnn(C)c3)C12. The average Bonchev–Trinajstić information content (AvgIpc) is 3.51. The molecular weight excluding hydrogens is 414 g/mol. The molecule has 3 aromatic heterocycles. The molecule has 0 spiro atoms. The van der Waals surface area contributed by atoms with Crippen LogP contribution in [0.4, 0.5) is 5.69 Å². The van der Waals surface area contributed by atoms with Crippen molar-refractivity contribution >= 4 is 11.3 Å². The van der Waals surface area contributed by atoms with Crippen LogP contribution in [0, 0.1) is 16.0 Å². The highest BCUT2D eigenvalue weighted by Crippen LogP contribution is 2.46. The van der Waals surface area contributed by atoms with E-state index >= 15 is 0 Å². The summed E-state index contributed by atoms with van der Waals surface area (Å²) in [7, 11) is 1.89. The number of nitrogens with one attached hydrogen (secondary N) is 2. The van der Waals surface area contributed by atoms with E-state index < -0.39 is 4.92 Å². The van der Waals surface area contributed by atoms with Crippen LogP contribution in [0.1, 0.15) is 24.0 Å². The van der Waals surface area contributed by atoms with Gasteiger partial charge in [-0.25, -0.2) is 19.9 Å². The van der Waals surface area contributed by atoms with Crippen LogP contribution in [0.15, 0.2) is 43.0 Å². The van der Waals surface area contributed by atoms with Gasteiger partial charge in [0.1, 0.15) is 6.33 Å². The lowest BCUT2D eigenvalue weighted by molar-refractivity contribution is -0.384. The Labute approximate surface area is 181 Å². The minimum atomic E-state index is -0.432. The average molecular weight is 433 g/mol. The number of aryl methyl sites for hydroxylation is 1. The molecule has 2 aliphatic heterocycles. The molecule has 4 aromatic rings. The summed E-state index contributed by atoms with van der Waals surface area (Å²) in [5, 5.41) is 19.9. The first-order valence-corrected chi connectivity index (χ1v) is 10.2. The standard InChI is InChI=1S/C20H19N9O3/c1-10-14-15(12-7-22-27(2)8-12)16-18-23-17(11-3-5-13(6-4-11)29(30)31)26-28(18)9-21-19(16)32-20(14)25-24-10/h3-10,14-15,20,24-25H,1-2H3. The summed E-state index contributed by atoms with van der Waals surface area (Å²) >= 11 is 0. The first-order chi connectivity index (χ1) is 15.5. The van der Waals surface area contributed by atoms with Gasteiger partial charge in [-0.05, 0) is 24.6 Å². The molecule has 1 saturated heterocycles. The molecule has 162 valence electrons. The fraction of sp³-hybridized carbons (Fsp3) is 0.300. The van der Waals surface area contributed by atoms with Gasteiger partial charge in [0, 0.05) is 48.8 Å². The summed E-state index contributed by atoms with van der Waals surface area (Å²) in [5.41, 5.74) is 9.70. The van der Waals surface area contributed by atoms with Crippen LogP contribution in [-0.2, 0) is 7.05 Å². The van der Waals surface area contributed by atoms with Gasteiger partial charge in [0.25, 0.3) is 5.69 Å². The Morgan fingerprint density at radius 1 is 1.22 bits per heavy atom. The number of nitro groups is 1. The predicted octanol–water partition coefficient (Wildman–Crippen LogP) is 1.40. The summed E-state index contributed by atoms with van der Waals surface area (Å²) < 4.78 is 9.59. The Morgan fingerprint density at radius 3 is 2.75 bits per heavy atom. The molecule has 12 heteroatoms. The maximum absolute atomic E-state index is 11.0. The Balaban J connectivity index is 1.52. The molecule has 5 heterocycles. The summed E-state index contributed by atoms with van der Waals surface area (Å²) in [5.74, 6) is 0.968. The zero-order chi connectivity index (χ0) is 22.0. The molecule has 32 heavy (non-hydrogen) atoms. The lowest BCUT2D eigenvalue weighted by Gasteiger charge is -2.35. The number of fused-ring (bicyclic) bond motifs is 4. The van der Waals surface area contributed by atoms with Crippen LogP contribution in [0.3, 0.4) is 0 Å². The number of nitro benzene ring substituents is 1. The molecular formula is C20H19N9O3. The first kappa shape index (κ1) is 18.8.